The van der Waals surface area contributed by atoms with E-state index in [1.54, 1.807) is 17.1 Å². The Hall–Kier alpha value is -0.830. The zero-order valence-electron chi connectivity index (χ0n) is 7.70. The molecule has 0 bridgehead atoms. The van der Waals surface area contributed by atoms with Gasteiger partial charge in [-0.3, -0.25) is 4.98 Å². The van der Waals surface area contributed by atoms with Crippen molar-refractivity contribution < 1.29 is 9.67 Å². The van der Waals surface area contributed by atoms with Gasteiger partial charge >= 0.3 is 0 Å². The molecular formula is C9H17N2O+. The highest BCUT2D eigenvalue weighted by Gasteiger charge is 2.13. The van der Waals surface area contributed by atoms with Crippen molar-refractivity contribution in [1.82, 2.24) is 4.98 Å². The first-order valence-corrected chi connectivity index (χ1v) is 4.45. The van der Waals surface area contributed by atoms with Crippen molar-refractivity contribution in [2.24, 2.45) is 5.92 Å². The third-order valence-corrected chi connectivity index (χ3v) is 2.22. The molecule has 0 aromatic carbocycles. The Bertz CT molecular complexity index is 208. The van der Waals surface area contributed by atoms with Crippen LogP contribution in [0.2, 0.25) is 0 Å². The van der Waals surface area contributed by atoms with Gasteiger partial charge in [0.25, 0.3) is 0 Å². The van der Waals surface area contributed by atoms with E-state index in [2.05, 4.69) is 18.8 Å². The molecule has 2 N–H and O–H groups in total. The summed E-state index contributed by atoms with van der Waals surface area (Å²) in [6.45, 7) is 4.29. The van der Waals surface area contributed by atoms with Crippen molar-refractivity contribution in [2.45, 2.75) is 32.9 Å². The van der Waals surface area contributed by atoms with E-state index in [0.717, 1.165) is 12.8 Å². The molecule has 2 unspecified atom stereocenters. The van der Waals surface area contributed by atoms with Crippen molar-refractivity contribution in [3.8, 4) is 0 Å². The van der Waals surface area contributed by atoms with Gasteiger partial charge in [0.05, 0.1) is 0 Å². The summed E-state index contributed by atoms with van der Waals surface area (Å²) in [5.41, 5.74) is 0. The average Bonchev–Trinajstić information content (AvgIpc) is 2.56. The predicted molar refractivity (Wildman–Crippen MR) is 46.3 cm³/mol. The minimum Gasteiger partial charge on any atom is -0.355 e. The summed E-state index contributed by atoms with van der Waals surface area (Å²) in [5.74, 6) is 0.572. The number of rotatable bonds is 4. The Morgan fingerprint density at radius 3 is 2.83 bits per heavy atom. The van der Waals surface area contributed by atoms with E-state index in [1.165, 1.54) is 0 Å². The van der Waals surface area contributed by atoms with Crippen LogP contribution >= 0.6 is 0 Å². The van der Waals surface area contributed by atoms with Gasteiger partial charge in [0.15, 0.2) is 6.23 Å². The van der Waals surface area contributed by atoms with Crippen molar-refractivity contribution in [3.63, 3.8) is 0 Å². The minimum absolute atomic E-state index is 0.383. The standard InChI is InChI=1S/C9H16N2O/c1-3-8(2)6-9(12)11-5-4-10-7-11/h4-5,7-9,12H,3,6H2,1-2H3/p+1. The largest absolute Gasteiger partial charge is 0.355 e. The van der Waals surface area contributed by atoms with E-state index in [1.807, 2.05) is 6.20 Å². The summed E-state index contributed by atoms with van der Waals surface area (Å²) in [6.07, 6.45) is 6.97. The second kappa shape index (κ2) is 4.26. The monoisotopic (exact) mass is 169 g/mol. The third kappa shape index (κ3) is 2.34. The second-order valence-electron chi connectivity index (χ2n) is 3.29. The van der Waals surface area contributed by atoms with Gasteiger partial charge in [0.2, 0.25) is 6.33 Å². The normalized spacial score (nSPS) is 15.9. The Morgan fingerprint density at radius 1 is 1.58 bits per heavy atom. The number of hydrogen-bond acceptors (Lipinski definition) is 1. The summed E-state index contributed by atoms with van der Waals surface area (Å²) in [4.78, 5) is 2.90. The molecule has 1 aromatic rings. The number of aromatic amines is 1. The SMILES string of the molecule is CCC(C)CC(O)[n+]1cc[nH]c1. The van der Waals surface area contributed by atoms with Gasteiger partial charge in [-0.05, 0) is 5.92 Å². The molecule has 12 heavy (non-hydrogen) atoms. The van der Waals surface area contributed by atoms with E-state index < -0.39 is 0 Å². The molecule has 0 saturated heterocycles. The molecule has 0 saturated carbocycles. The molecule has 0 aliphatic rings. The van der Waals surface area contributed by atoms with Crippen LogP contribution in [-0.2, 0) is 0 Å². The predicted octanol–water partition coefficient (Wildman–Crippen LogP) is 1.23. The number of aliphatic hydroxyl groups is 1. The maximum atomic E-state index is 9.65. The first-order valence-electron chi connectivity index (χ1n) is 4.45. The minimum atomic E-state index is -0.383. The summed E-state index contributed by atoms with van der Waals surface area (Å²) in [6, 6.07) is 0. The average molecular weight is 169 g/mol. The summed E-state index contributed by atoms with van der Waals surface area (Å²) >= 11 is 0. The first kappa shape index (κ1) is 9.26. The van der Waals surface area contributed by atoms with Gasteiger partial charge in [-0.1, -0.05) is 20.3 Å². The number of nitrogens with one attached hydrogen (secondary N) is 1. The van der Waals surface area contributed by atoms with Crippen molar-refractivity contribution >= 4 is 0 Å². The maximum Gasteiger partial charge on any atom is 0.243 e. The Kier molecular flexibility index (Phi) is 3.29. The van der Waals surface area contributed by atoms with E-state index in [9.17, 15) is 5.11 Å². The lowest BCUT2D eigenvalue weighted by Crippen LogP contribution is -2.37. The Morgan fingerprint density at radius 2 is 2.33 bits per heavy atom. The van der Waals surface area contributed by atoms with Gasteiger partial charge in [0, 0.05) is 6.42 Å². The molecule has 1 rings (SSSR count). The van der Waals surface area contributed by atoms with Crippen molar-refractivity contribution in [1.29, 1.82) is 0 Å². The molecule has 3 nitrogen and oxygen atoms in total. The van der Waals surface area contributed by atoms with Gasteiger partial charge in [0.1, 0.15) is 12.4 Å². The van der Waals surface area contributed by atoms with Crippen LogP contribution < -0.4 is 4.57 Å². The quantitative estimate of drug-likeness (QED) is 0.654. The van der Waals surface area contributed by atoms with Crippen LogP contribution in [0.1, 0.15) is 32.9 Å². The second-order valence-corrected chi connectivity index (χ2v) is 3.29. The summed E-state index contributed by atoms with van der Waals surface area (Å²) < 4.78 is 1.78. The fourth-order valence-corrected chi connectivity index (χ4v) is 1.13. The van der Waals surface area contributed by atoms with Crippen LogP contribution in [0.3, 0.4) is 0 Å². The topological polar surface area (TPSA) is 39.9 Å². The van der Waals surface area contributed by atoms with Crippen LogP contribution in [0.15, 0.2) is 18.7 Å². The van der Waals surface area contributed by atoms with Crippen LogP contribution in [0.25, 0.3) is 0 Å². The van der Waals surface area contributed by atoms with Crippen LogP contribution in [0, 0.1) is 5.92 Å². The van der Waals surface area contributed by atoms with Crippen LogP contribution in [0.4, 0.5) is 0 Å². The van der Waals surface area contributed by atoms with Crippen LogP contribution in [-0.4, -0.2) is 10.1 Å². The van der Waals surface area contributed by atoms with E-state index in [-0.39, 0.29) is 6.23 Å². The summed E-state index contributed by atoms with van der Waals surface area (Å²) in [7, 11) is 0. The first-order chi connectivity index (χ1) is 5.74. The Labute approximate surface area is 73.1 Å². The van der Waals surface area contributed by atoms with Crippen molar-refractivity contribution in [2.75, 3.05) is 0 Å². The van der Waals surface area contributed by atoms with E-state index >= 15 is 0 Å². The highest BCUT2D eigenvalue weighted by molar-refractivity contribution is 4.57. The number of hydrogen-bond donors (Lipinski definition) is 2. The van der Waals surface area contributed by atoms with Gasteiger partial charge in [-0.25, -0.2) is 4.57 Å². The fourth-order valence-electron chi connectivity index (χ4n) is 1.13. The van der Waals surface area contributed by atoms with Gasteiger partial charge < -0.3 is 5.11 Å². The zero-order valence-corrected chi connectivity index (χ0v) is 7.70. The molecule has 0 radical (unpaired) electrons. The number of aromatic nitrogens is 2. The Balaban J connectivity index is 2.44. The molecule has 0 spiro atoms. The lowest BCUT2D eigenvalue weighted by Gasteiger charge is -2.11. The van der Waals surface area contributed by atoms with Crippen molar-refractivity contribution in [3.05, 3.63) is 18.7 Å². The molecule has 0 aliphatic carbocycles. The highest BCUT2D eigenvalue weighted by Crippen LogP contribution is 2.12. The molecule has 0 aliphatic heterocycles. The lowest BCUT2D eigenvalue weighted by molar-refractivity contribution is -0.760. The lowest BCUT2D eigenvalue weighted by atomic mass is 10.0. The zero-order chi connectivity index (χ0) is 8.97. The molecule has 68 valence electrons. The van der Waals surface area contributed by atoms with Gasteiger partial charge in [-0.2, -0.15) is 0 Å². The fraction of sp³-hybridized carbons (Fsp3) is 0.667. The molecule has 2 atom stereocenters. The van der Waals surface area contributed by atoms with Crippen LogP contribution in [0.5, 0.6) is 0 Å². The number of imidazole rings is 1. The highest BCUT2D eigenvalue weighted by atomic mass is 16.3. The number of H-pyrrole nitrogens is 1. The molecule has 0 fully saturated rings. The molecular weight excluding hydrogens is 152 g/mol. The molecule has 1 heterocycles. The maximum absolute atomic E-state index is 9.65. The smallest absolute Gasteiger partial charge is 0.243 e. The van der Waals surface area contributed by atoms with Gasteiger partial charge in [-0.15, -0.1) is 0 Å². The molecule has 1 aromatic heterocycles. The number of aliphatic hydroxyl groups excluding tert-OH is 1. The summed E-state index contributed by atoms with van der Waals surface area (Å²) in [5, 5.41) is 9.65. The molecule has 0 amide bonds. The van der Waals surface area contributed by atoms with E-state index in [4.69, 9.17) is 0 Å². The number of nitrogens with zero attached hydrogens (tertiary/aromatic N) is 1. The van der Waals surface area contributed by atoms with E-state index in [0.29, 0.717) is 5.92 Å². The third-order valence-electron chi connectivity index (χ3n) is 2.22. The molecule has 3 heteroatoms.